The number of carbonyl (C=O) groups is 2. The molecule has 0 saturated heterocycles. The van der Waals surface area contributed by atoms with Crippen LogP contribution in [-0.4, -0.2) is 35.6 Å². The second-order valence-corrected chi connectivity index (χ2v) is 5.88. The van der Waals surface area contributed by atoms with Crippen LogP contribution in [0.15, 0.2) is 30.3 Å². The van der Waals surface area contributed by atoms with E-state index in [4.69, 9.17) is 0 Å². The van der Waals surface area contributed by atoms with Gasteiger partial charge < -0.3 is 15.7 Å². The van der Waals surface area contributed by atoms with Gasteiger partial charge in [-0.15, -0.1) is 0 Å². The average molecular weight is 306 g/mol. The van der Waals surface area contributed by atoms with Crippen molar-refractivity contribution in [2.24, 2.45) is 5.92 Å². The van der Waals surface area contributed by atoms with Crippen LogP contribution in [0.25, 0.3) is 0 Å². The molecule has 0 saturated carbocycles. The van der Waals surface area contributed by atoms with Crippen molar-refractivity contribution in [2.45, 2.75) is 39.2 Å². The lowest BCUT2D eigenvalue weighted by Crippen LogP contribution is -2.47. The lowest BCUT2D eigenvalue weighted by molar-refractivity contribution is -0.126. The summed E-state index contributed by atoms with van der Waals surface area (Å²) in [7, 11) is 0. The zero-order valence-corrected chi connectivity index (χ0v) is 13.6. The monoisotopic (exact) mass is 306 g/mol. The summed E-state index contributed by atoms with van der Waals surface area (Å²) >= 11 is 0. The molecule has 0 aliphatic carbocycles. The van der Waals surface area contributed by atoms with E-state index in [0.717, 1.165) is 12.0 Å². The van der Waals surface area contributed by atoms with Crippen molar-refractivity contribution in [1.29, 1.82) is 0 Å². The first kappa shape index (κ1) is 18.2. The summed E-state index contributed by atoms with van der Waals surface area (Å²) in [6.45, 7) is 5.73. The molecule has 0 spiro atoms. The Kier molecular flexibility index (Phi) is 7.05. The Bertz CT molecular complexity index is 486. The maximum absolute atomic E-state index is 11.7. The lowest BCUT2D eigenvalue weighted by atomic mass is 9.89. The second kappa shape index (κ2) is 8.54. The van der Waals surface area contributed by atoms with E-state index in [1.165, 1.54) is 0 Å². The zero-order valence-electron chi connectivity index (χ0n) is 13.6. The van der Waals surface area contributed by atoms with Crippen LogP contribution >= 0.6 is 0 Å². The molecular weight excluding hydrogens is 280 g/mol. The third-order valence-corrected chi connectivity index (χ3v) is 3.97. The van der Waals surface area contributed by atoms with Gasteiger partial charge in [-0.25, -0.2) is 0 Å². The highest BCUT2D eigenvalue weighted by Crippen LogP contribution is 2.18. The van der Waals surface area contributed by atoms with Crippen molar-refractivity contribution in [1.82, 2.24) is 10.6 Å². The van der Waals surface area contributed by atoms with E-state index in [-0.39, 0.29) is 37.2 Å². The van der Waals surface area contributed by atoms with E-state index >= 15 is 0 Å². The van der Waals surface area contributed by atoms with Crippen molar-refractivity contribution < 1.29 is 14.7 Å². The van der Waals surface area contributed by atoms with Gasteiger partial charge in [0.15, 0.2) is 0 Å². The van der Waals surface area contributed by atoms with Crippen LogP contribution in [0.2, 0.25) is 0 Å². The molecule has 1 aromatic rings. The molecule has 5 heteroatoms. The van der Waals surface area contributed by atoms with E-state index < -0.39 is 5.60 Å². The molecule has 122 valence electrons. The smallest absolute Gasteiger partial charge is 0.239 e. The van der Waals surface area contributed by atoms with Gasteiger partial charge in [-0.3, -0.25) is 9.59 Å². The van der Waals surface area contributed by atoms with Crippen molar-refractivity contribution in [3.63, 3.8) is 0 Å². The molecule has 2 atom stereocenters. The van der Waals surface area contributed by atoms with Gasteiger partial charge in [0, 0.05) is 6.54 Å². The topological polar surface area (TPSA) is 78.4 Å². The fourth-order valence-electron chi connectivity index (χ4n) is 1.98. The maximum atomic E-state index is 11.7. The highest BCUT2D eigenvalue weighted by molar-refractivity contribution is 5.85. The van der Waals surface area contributed by atoms with Gasteiger partial charge in [0.1, 0.15) is 0 Å². The summed E-state index contributed by atoms with van der Waals surface area (Å²) < 4.78 is 0. The molecule has 22 heavy (non-hydrogen) atoms. The van der Waals surface area contributed by atoms with Gasteiger partial charge >= 0.3 is 0 Å². The molecule has 0 aromatic heterocycles. The lowest BCUT2D eigenvalue weighted by Gasteiger charge is -2.29. The van der Waals surface area contributed by atoms with Gasteiger partial charge in [-0.2, -0.15) is 0 Å². The number of aliphatic hydroxyl groups is 1. The summed E-state index contributed by atoms with van der Waals surface area (Å²) in [4.78, 5) is 23.5. The minimum atomic E-state index is -0.946. The summed E-state index contributed by atoms with van der Waals surface area (Å²) in [6.07, 6.45) is 1.08. The fourth-order valence-corrected chi connectivity index (χ4v) is 1.98. The molecule has 0 fully saturated rings. The van der Waals surface area contributed by atoms with Gasteiger partial charge in [-0.05, 0) is 18.4 Å². The van der Waals surface area contributed by atoms with E-state index in [0.29, 0.717) is 0 Å². The summed E-state index contributed by atoms with van der Waals surface area (Å²) in [5, 5.41) is 15.4. The predicted octanol–water partition coefficient (Wildman–Crippen LogP) is 1.26. The van der Waals surface area contributed by atoms with E-state index in [1.807, 2.05) is 44.2 Å². The molecule has 2 unspecified atom stereocenters. The molecular formula is C17H26N2O3. The SMILES string of the molecule is CCC(C)C(C)(O)CNC(=O)CNC(=O)Cc1ccccc1. The largest absolute Gasteiger partial charge is 0.388 e. The molecule has 3 N–H and O–H groups in total. The van der Waals surface area contributed by atoms with Crippen LogP contribution in [0.3, 0.4) is 0 Å². The number of hydrogen-bond acceptors (Lipinski definition) is 3. The zero-order chi connectivity index (χ0) is 16.6. The molecule has 0 radical (unpaired) electrons. The second-order valence-electron chi connectivity index (χ2n) is 5.88. The molecule has 0 bridgehead atoms. The van der Waals surface area contributed by atoms with Crippen LogP contribution in [0, 0.1) is 5.92 Å². The van der Waals surface area contributed by atoms with Crippen LogP contribution in [0.5, 0.6) is 0 Å². The Morgan fingerprint density at radius 3 is 2.41 bits per heavy atom. The van der Waals surface area contributed by atoms with Crippen LogP contribution in [-0.2, 0) is 16.0 Å². The Labute approximate surface area is 132 Å². The third-order valence-electron chi connectivity index (χ3n) is 3.97. The fraction of sp³-hybridized carbons (Fsp3) is 0.529. The Balaban J connectivity index is 2.30. The van der Waals surface area contributed by atoms with Gasteiger partial charge in [0.25, 0.3) is 0 Å². The quantitative estimate of drug-likeness (QED) is 0.676. The van der Waals surface area contributed by atoms with Crippen molar-refractivity contribution in [2.75, 3.05) is 13.1 Å². The first-order valence-corrected chi connectivity index (χ1v) is 7.65. The third kappa shape index (κ3) is 6.26. The Hall–Kier alpha value is -1.88. The summed E-state index contributed by atoms with van der Waals surface area (Å²) in [5.41, 5.74) is -0.0431. The van der Waals surface area contributed by atoms with Gasteiger partial charge in [0.05, 0.1) is 18.6 Å². The Morgan fingerprint density at radius 2 is 1.82 bits per heavy atom. The van der Waals surface area contributed by atoms with Crippen LogP contribution in [0.1, 0.15) is 32.8 Å². The van der Waals surface area contributed by atoms with Crippen molar-refractivity contribution in [3.05, 3.63) is 35.9 Å². The number of nitrogens with one attached hydrogen (secondary N) is 2. The van der Waals surface area contributed by atoms with Crippen LogP contribution < -0.4 is 10.6 Å². The van der Waals surface area contributed by atoms with E-state index in [2.05, 4.69) is 10.6 Å². The Morgan fingerprint density at radius 1 is 1.18 bits per heavy atom. The van der Waals surface area contributed by atoms with Crippen molar-refractivity contribution >= 4 is 11.8 Å². The maximum Gasteiger partial charge on any atom is 0.239 e. The number of carbonyl (C=O) groups excluding carboxylic acids is 2. The number of benzene rings is 1. The first-order chi connectivity index (χ1) is 10.3. The summed E-state index contributed by atoms with van der Waals surface area (Å²) in [5.74, 6) is -0.416. The molecule has 1 aromatic carbocycles. The standard InChI is InChI=1S/C17H26N2O3/c1-4-13(2)17(3,22)12-19-16(21)11-18-15(20)10-14-8-6-5-7-9-14/h5-9,13,22H,4,10-12H2,1-3H3,(H,18,20)(H,19,21). The number of amides is 2. The highest BCUT2D eigenvalue weighted by atomic mass is 16.3. The predicted molar refractivity (Wildman–Crippen MR) is 86.2 cm³/mol. The number of rotatable bonds is 8. The molecule has 0 heterocycles. The normalized spacial score (nSPS) is 14.7. The summed E-state index contributed by atoms with van der Waals surface area (Å²) in [6, 6.07) is 9.35. The highest BCUT2D eigenvalue weighted by Gasteiger charge is 2.27. The van der Waals surface area contributed by atoms with E-state index in [1.54, 1.807) is 6.92 Å². The van der Waals surface area contributed by atoms with E-state index in [9.17, 15) is 14.7 Å². The molecule has 5 nitrogen and oxygen atoms in total. The average Bonchev–Trinajstić information content (AvgIpc) is 2.51. The van der Waals surface area contributed by atoms with Crippen LogP contribution in [0.4, 0.5) is 0 Å². The molecule has 1 rings (SSSR count). The number of hydrogen-bond donors (Lipinski definition) is 3. The van der Waals surface area contributed by atoms with Gasteiger partial charge in [0.2, 0.25) is 11.8 Å². The molecule has 0 aliphatic rings. The molecule has 2 amide bonds. The molecule has 0 aliphatic heterocycles. The van der Waals surface area contributed by atoms with Gasteiger partial charge in [-0.1, -0.05) is 50.6 Å². The minimum Gasteiger partial charge on any atom is -0.388 e. The first-order valence-electron chi connectivity index (χ1n) is 7.65. The van der Waals surface area contributed by atoms with Crippen molar-refractivity contribution in [3.8, 4) is 0 Å². The minimum absolute atomic E-state index is 0.0811.